The molecule has 3 aromatic rings. The van der Waals surface area contributed by atoms with E-state index in [1.54, 1.807) is 43.6 Å². The van der Waals surface area contributed by atoms with Gasteiger partial charge in [0.05, 0.1) is 19.8 Å². The fourth-order valence-electron chi connectivity index (χ4n) is 3.45. The van der Waals surface area contributed by atoms with Crippen LogP contribution >= 0.6 is 0 Å². The molecule has 0 saturated carbocycles. The molecule has 0 unspecified atom stereocenters. The summed E-state index contributed by atoms with van der Waals surface area (Å²) < 4.78 is 10.5. The molecule has 0 bridgehead atoms. The van der Waals surface area contributed by atoms with Crippen molar-refractivity contribution in [2.45, 2.75) is 12.8 Å². The minimum absolute atomic E-state index is 0.0881. The molecule has 0 atom stereocenters. The topological polar surface area (TPSA) is 76.6 Å². The van der Waals surface area contributed by atoms with Crippen molar-refractivity contribution in [3.8, 4) is 11.5 Å². The van der Waals surface area contributed by atoms with Gasteiger partial charge in [-0.25, -0.2) is 9.97 Å². The highest BCUT2D eigenvalue weighted by Gasteiger charge is 2.23. The summed E-state index contributed by atoms with van der Waals surface area (Å²) in [7, 11) is 3.17. The van der Waals surface area contributed by atoms with E-state index in [0.717, 1.165) is 24.2 Å². The first-order valence-electron chi connectivity index (χ1n) is 9.40. The molecule has 7 nitrogen and oxygen atoms in total. The molecule has 1 aromatic heterocycles. The summed E-state index contributed by atoms with van der Waals surface area (Å²) >= 11 is 0. The Hall–Kier alpha value is -3.61. The summed E-state index contributed by atoms with van der Waals surface area (Å²) in [6.07, 6.45) is 5.04. The fourth-order valence-corrected chi connectivity index (χ4v) is 3.45. The Kier molecular flexibility index (Phi) is 5.29. The highest BCUT2D eigenvalue weighted by molar-refractivity contribution is 6.06. The van der Waals surface area contributed by atoms with Gasteiger partial charge in [-0.3, -0.25) is 4.79 Å². The Bertz CT molecular complexity index is 1020. The molecule has 2 heterocycles. The first-order chi connectivity index (χ1) is 14.2. The molecular formula is C22H22N4O3. The van der Waals surface area contributed by atoms with Gasteiger partial charge in [0.15, 0.2) is 11.5 Å². The predicted molar refractivity (Wildman–Crippen MR) is 111 cm³/mol. The Morgan fingerprint density at radius 3 is 2.55 bits per heavy atom. The van der Waals surface area contributed by atoms with E-state index in [2.05, 4.69) is 21.4 Å². The van der Waals surface area contributed by atoms with Crippen LogP contribution in [0.2, 0.25) is 0 Å². The smallest absolute Gasteiger partial charge is 0.261 e. The number of para-hydroxylation sites is 1. The molecule has 2 aromatic carbocycles. The fraction of sp³-hybridized carbons (Fsp3) is 0.227. The highest BCUT2D eigenvalue weighted by atomic mass is 16.5. The maximum absolute atomic E-state index is 13.0. The number of aryl methyl sites for hydroxylation is 1. The number of rotatable bonds is 5. The number of benzene rings is 2. The quantitative estimate of drug-likeness (QED) is 0.714. The highest BCUT2D eigenvalue weighted by Crippen LogP contribution is 2.31. The summed E-state index contributed by atoms with van der Waals surface area (Å²) in [4.78, 5) is 23.4. The number of methoxy groups -OCH3 is 2. The van der Waals surface area contributed by atoms with Crippen LogP contribution in [0.3, 0.4) is 0 Å². The molecule has 29 heavy (non-hydrogen) atoms. The van der Waals surface area contributed by atoms with Crippen LogP contribution in [0.4, 0.5) is 17.3 Å². The van der Waals surface area contributed by atoms with Gasteiger partial charge in [0.25, 0.3) is 5.91 Å². The molecule has 0 spiro atoms. The van der Waals surface area contributed by atoms with Gasteiger partial charge in [-0.2, -0.15) is 0 Å². The summed E-state index contributed by atoms with van der Waals surface area (Å²) in [6, 6.07) is 13.5. The molecule has 7 heteroatoms. The van der Waals surface area contributed by atoms with Crippen LogP contribution < -0.4 is 19.7 Å². The van der Waals surface area contributed by atoms with Crippen molar-refractivity contribution in [3.63, 3.8) is 0 Å². The van der Waals surface area contributed by atoms with Gasteiger partial charge in [0.1, 0.15) is 0 Å². The molecule has 0 radical (unpaired) electrons. The second kappa shape index (κ2) is 8.18. The van der Waals surface area contributed by atoms with Crippen LogP contribution in [-0.4, -0.2) is 36.6 Å². The van der Waals surface area contributed by atoms with Crippen molar-refractivity contribution in [2.24, 2.45) is 0 Å². The van der Waals surface area contributed by atoms with Gasteiger partial charge >= 0.3 is 0 Å². The molecular weight excluding hydrogens is 368 g/mol. The average molecular weight is 390 g/mol. The van der Waals surface area contributed by atoms with Gasteiger partial charge in [0, 0.05) is 36.4 Å². The Labute approximate surface area is 169 Å². The number of carbonyl (C=O) groups is 1. The molecule has 148 valence electrons. The molecule has 0 aliphatic carbocycles. The zero-order chi connectivity index (χ0) is 20.2. The number of aromatic nitrogens is 2. The van der Waals surface area contributed by atoms with Crippen LogP contribution in [0.5, 0.6) is 11.5 Å². The lowest BCUT2D eigenvalue weighted by Crippen LogP contribution is -2.35. The van der Waals surface area contributed by atoms with Crippen LogP contribution in [0.1, 0.15) is 22.3 Å². The maximum Gasteiger partial charge on any atom is 0.261 e. The SMILES string of the molecule is COc1ccc(Nc2ncc(C(=O)N3CCCc4ccccc43)cn2)cc1OC. The normalized spacial score (nSPS) is 12.8. The number of nitrogens with one attached hydrogen (secondary N) is 1. The lowest BCUT2D eigenvalue weighted by Gasteiger charge is -2.29. The number of ether oxygens (including phenoxy) is 2. The Morgan fingerprint density at radius 2 is 1.79 bits per heavy atom. The van der Waals surface area contributed by atoms with Crippen molar-refractivity contribution in [3.05, 3.63) is 66.0 Å². The van der Waals surface area contributed by atoms with Gasteiger partial charge in [-0.15, -0.1) is 0 Å². The van der Waals surface area contributed by atoms with E-state index < -0.39 is 0 Å². The zero-order valence-corrected chi connectivity index (χ0v) is 16.4. The van der Waals surface area contributed by atoms with Crippen molar-refractivity contribution in [1.29, 1.82) is 0 Å². The third-order valence-electron chi connectivity index (χ3n) is 4.89. The Balaban J connectivity index is 1.51. The predicted octanol–water partition coefficient (Wildman–Crippen LogP) is 3.83. The van der Waals surface area contributed by atoms with Crippen LogP contribution in [0.15, 0.2) is 54.9 Å². The first kappa shape index (κ1) is 18.7. The van der Waals surface area contributed by atoms with Gasteiger partial charge < -0.3 is 19.7 Å². The van der Waals surface area contributed by atoms with Crippen molar-refractivity contribution < 1.29 is 14.3 Å². The van der Waals surface area contributed by atoms with E-state index in [1.807, 2.05) is 24.3 Å². The van der Waals surface area contributed by atoms with E-state index >= 15 is 0 Å². The summed E-state index contributed by atoms with van der Waals surface area (Å²) in [6.45, 7) is 0.696. The summed E-state index contributed by atoms with van der Waals surface area (Å²) in [5.74, 6) is 1.55. The summed E-state index contributed by atoms with van der Waals surface area (Å²) in [5, 5.41) is 3.11. The standard InChI is InChI=1S/C22H22N4O3/c1-28-19-10-9-17(12-20(19)29-2)25-22-23-13-16(14-24-22)21(27)26-11-5-7-15-6-3-4-8-18(15)26/h3-4,6,8-10,12-14H,5,7,11H2,1-2H3,(H,23,24,25). The zero-order valence-electron chi connectivity index (χ0n) is 16.4. The van der Waals surface area contributed by atoms with Gasteiger partial charge in [-0.1, -0.05) is 18.2 Å². The number of carbonyl (C=O) groups excluding carboxylic acids is 1. The third-order valence-corrected chi connectivity index (χ3v) is 4.89. The van der Waals surface area contributed by atoms with Crippen LogP contribution in [0.25, 0.3) is 0 Å². The van der Waals surface area contributed by atoms with E-state index in [4.69, 9.17) is 9.47 Å². The first-order valence-corrected chi connectivity index (χ1v) is 9.40. The monoisotopic (exact) mass is 390 g/mol. The minimum atomic E-state index is -0.0881. The molecule has 4 rings (SSSR count). The molecule has 1 amide bonds. The van der Waals surface area contributed by atoms with Gasteiger partial charge in [-0.05, 0) is 36.6 Å². The number of hydrogen-bond donors (Lipinski definition) is 1. The number of amides is 1. The van der Waals surface area contributed by atoms with Crippen LogP contribution in [-0.2, 0) is 6.42 Å². The van der Waals surface area contributed by atoms with Crippen LogP contribution in [0, 0.1) is 0 Å². The third kappa shape index (κ3) is 3.85. The summed E-state index contributed by atoms with van der Waals surface area (Å²) in [5.41, 5.74) is 3.38. The molecule has 0 saturated heterocycles. The lowest BCUT2D eigenvalue weighted by molar-refractivity contribution is 0.0984. The molecule has 0 fully saturated rings. The van der Waals surface area contributed by atoms with Gasteiger partial charge in [0.2, 0.25) is 5.95 Å². The second-order valence-corrected chi connectivity index (χ2v) is 6.68. The largest absolute Gasteiger partial charge is 0.493 e. The Morgan fingerprint density at radius 1 is 1.03 bits per heavy atom. The van der Waals surface area contributed by atoms with Crippen molar-refractivity contribution in [1.82, 2.24) is 9.97 Å². The number of hydrogen-bond acceptors (Lipinski definition) is 6. The van der Waals surface area contributed by atoms with Crippen molar-refractivity contribution >= 4 is 23.2 Å². The number of fused-ring (bicyclic) bond motifs is 1. The number of nitrogens with zero attached hydrogens (tertiary/aromatic N) is 3. The minimum Gasteiger partial charge on any atom is -0.493 e. The second-order valence-electron chi connectivity index (χ2n) is 6.68. The van der Waals surface area contributed by atoms with E-state index in [9.17, 15) is 4.79 Å². The molecule has 1 N–H and O–H groups in total. The lowest BCUT2D eigenvalue weighted by atomic mass is 10.0. The molecule has 1 aliphatic heterocycles. The van der Waals surface area contributed by atoms with Crippen molar-refractivity contribution in [2.75, 3.05) is 31.0 Å². The van der Waals surface area contributed by atoms with E-state index in [1.165, 1.54) is 5.56 Å². The van der Waals surface area contributed by atoms with E-state index in [-0.39, 0.29) is 5.91 Å². The number of anilines is 3. The van der Waals surface area contributed by atoms with E-state index in [0.29, 0.717) is 29.6 Å². The average Bonchev–Trinajstić information content (AvgIpc) is 2.78. The molecule has 1 aliphatic rings. The maximum atomic E-state index is 13.0.